The lowest BCUT2D eigenvalue weighted by molar-refractivity contribution is 0.508. The maximum Gasteiger partial charge on any atom is 0.159 e. The van der Waals surface area contributed by atoms with Gasteiger partial charge in [0.25, 0.3) is 0 Å². The Balaban J connectivity index is 1.25. The van der Waals surface area contributed by atoms with Crippen LogP contribution in [0.4, 0.5) is 26.3 Å². The van der Waals surface area contributed by atoms with Gasteiger partial charge in [0.05, 0.1) is 0 Å². The normalized spacial score (nSPS) is 11.3. The lowest BCUT2D eigenvalue weighted by Gasteiger charge is -2.08. The predicted molar refractivity (Wildman–Crippen MR) is 153 cm³/mol. The second-order valence-electron chi connectivity index (χ2n) is 9.83. The molecular weight excluding hydrogens is 534 g/mol. The summed E-state index contributed by atoms with van der Waals surface area (Å²) >= 11 is 0. The molecule has 0 saturated heterocycles. The van der Waals surface area contributed by atoms with Crippen molar-refractivity contribution in [1.82, 2.24) is 0 Å². The Kier molecular flexibility index (Phi) is 9.66. The second kappa shape index (κ2) is 13.4. The van der Waals surface area contributed by atoms with Gasteiger partial charge in [-0.05, 0) is 95.5 Å². The van der Waals surface area contributed by atoms with Gasteiger partial charge in [-0.15, -0.1) is 0 Å². The third-order valence-electron chi connectivity index (χ3n) is 6.85. The molecule has 0 nitrogen and oxygen atoms in total. The summed E-state index contributed by atoms with van der Waals surface area (Å²) < 4.78 is 82.7. The Morgan fingerprint density at radius 1 is 0.512 bits per heavy atom. The highest BCUT2D eigenvalue weighted by Gasteiger charge is 2.10. The van der Waals surface area contributed by atoms with Gasteiger partial charge in [-0.25, -0.2) is 26.3 Å². The summed E-state index contributed by atoms with van der Waals surface area (Å²) in [6, 6.07) is 16.5. The van der Waals surface area contributed by atoms with Crippen LogP contribution < -0.4 is 0 Å². The van der Waals surface area contributed by atoms with Crippen molar-refractivity contribution >= 4 is 11.1 Å². The van der Waals surface area contributed by atoms with Crippen LogP contribution in [-0.2, 0) is 12.8 Å². The molecule has 4 aromatic carbocycles. The standard InChI is InChI=1S/C35H28F6/c1-22(26-12-16-30(36)34(40)20-26)8-9-23(2)28-14-10-24(18-32(28)38)6-4-3-5-7-25-11-15-29(33(39)19-25)27-13-17-31(37)35(41)21-27/h8-21H,1-7H2/b9-8-. The van der Waals surface area contributed by atoms with Gasteiger partial charge in [0.15, 0.2) is 23.3 Å². The molecule has 0 aromatic heterocycles. The van der Waals surface area contributed by atoms with Gasteiger partial charge in [0, 0.05) is 11.1 Å². The molecule has 0 fully saturated rings. The summed E-state index contributed by atoms with van der Waals surface area (Å²) in [6.07, 6.45) is 6.98. The first-order valence-electron chi connectivity index (χ1n) is 13.2. The average Bonchev–Trinajstić information content (AvgIpc) is 2.94. The molecule has 0 saturated carbocycles. The minimum atomic E-state index is -1.02. The molecule has 6 heteroatoms. The maximum absolute atomic E-state index is 14.8. The zero-order valence-electron chi connectivity index (χ0n) is 22.3. The van der Waals surface area contributed by atoms with Crippen LogP contribution in [0.1, 0.15) is 41.5 Å². The largest absolute Gasteiger partial charge is 0.206 e. The van der Waals surface area contributed by atoms with Crippen LogP contribution in [0.3, 0.4) is 0 Å². The van der Waals surface area contributed by atoms with Crippen molar-refractivity contribution in [3.8, 4) is 11.1 Å². The van der Waals surface area contributed by atoms with E-state index in [4.69, 9.17) is 0 Å². The molecule has 0 spiro atoms. The summed E-state index contributed by atoms with van der Waals surface area (Å²) in [4.78, 5) is 0. The van der Waals surface area contributed by atoms with E-state index in [0.29, 0.717) is 35.1 Å². The van der Waals surface area contributed by atoms with Crippen LogP contribution in [0.5, 0.6) is 0 Å². The number of hydrogen-bond acceptors (Lipinski definition) is 0. The van der Waals surface area contributed by atoms with Gasteiger partial charge in [0.1, 0.15) is 11.6 Å². The van der Waals surface area contributed by atoms with Crippen LogP contribution in [0.15, 0.2) is 98.1 Å². The van der Waals surface area contributed by atoms with Gasteiger partial charge < -0.3 is 0 Å². The van der Waals surface area contributed by atoms with E-state index in [-0.39, 0.29) is 11.1 Å². The van der Waals surface area contributed by atoms with E-state index in [9.17, 15) is 26.3 Å². The number of allylic oxidation sites excluding steroid dienone is 4. The molecule has 4 aromatic rings. The fourth-order valence-corrected chi connectivity index (χ4v) is 4.50. The summed E-state index contributed by atoms with van der Waals surface area (Å²) in [7, 11) is 0. The van der Waals surface area contributed by atoms with Crippen molar-refractivity contribution in [2.75, 3.05) is 0 Å². The number of benzene rings is 4. The molecule has 0 N–H and O–H groups in total. The van der Waals surface area contributed by atoms with E-state index in [1.165, 1.54) is 24.3 Å². The SMILES string of the molecule is C=C(/C=C\C(=C)c1ccc(CCCCCc2ccc(-c3ccc(F)c(F)c3)c(F)c2)cc1F)c1ccc(F)c(F)c1. The van der Waals surface area contributed by atoms with Crippen LogP contribution in [0, 0.1) is 34.9 Å². The first-order valence-corrected chi connectivity index (χ1v) is 13.2. The molecule has 210 valence electrons. The van der Waals surface area contributed by atoms with Crippen LogP contribution in [0.2, 0.25) is 0 Å². The average molecular weight is 563 g/mol. The summed E-state index contributed by atoms with van der Waals surface area (Å²) in [6.45, 7) is 7.74. The fourth-order valence-electron chi connectivity index (χ4n) is 4.50. The molecule has 0 radical (unpaired) electrons. The van der Waals surface area contributed by atoms with E-state index in [1.807, 2.05) is 6.07 Å². The summed E-state index contributed by atoms with van der Waals surface area (Å²) in [5, 5.41) is 0. The topological polar surface area (TPSA) is 0 Å². The van der Waals surface area contributed by atoms with Crippen molar-refractivity contribution in [3.05, 3.63) is 155 Å². The third-order valence-corrected chi connectivity index (χ3v) is 6.85. The van der Waals surface area contributed by atoms with Gasteiger partial charge in [-0.1, -0.05) is 68.1 Å². The monoisotopic (exact) mass is 562 g/mol. The number of unbranched alkanes of at least 4 members (excludes halogenated alkanes) is 2. The third kappa shape index (κ3) is 7.66. The summed E-state index contributed by atoms with van der Waals surface area (Å²) in [5.74, 6) is -4.82. The molecule has 0 amide bonds. The Morgan fingerprint density at radius 2 is 1.10 bits per heavy atom. The van der Waals surface area contributed by atoms with Crippen LogP contribution in [-0.4, -0.2) is 0 Å². The van der Waals surface area contributed by atoms with E-state index in [0.717, 1.165) is 54.7 Å². The molecule has 41 heavy (non-hydrogen) atoms. The van der Waals surface area contributed by atoms with Gasteiger partial charge >= 0.3 is 0 Å². The number of aryl methyl sites for hydroxylation is 2. The second-order valence-corrected chi connectivity index (χ2v) is 9.83. The minimum Gasteiger partial charge on any atom is -0.206 e. The van der Waals surface area contributed by atoms with E-state index in [1.54, 1.807) is 30.4 Å². The molecule has 0 aliphatic heterocycles. The highest BCUT2D eigenvalue weighted by atomic mass is 19.2. The lowest BCUT2D eigenvalue weighted by atomic mass is 9.98. The fraction of sp³-hybridized carbons (Fsp3) is 0.143. The number of hydrogen-bond donors (Lipinski definition) is 0. The Labute approximate surface area is 236 Å². The van der Waals surface area contributed by atoms with Crippen LogP contribution in [0.25, 0.3) is 22.3 Å². The number of rotatable bonds is 11. The van der Waals surface area contributed by atoms with Crippen molar-refractivity contribution in [3.63, 3.8) is 0 Å². The van der Waals surface area contributed by atoms with E-state index < -0.39 is 34.9 Å². The van der Waals surface area contributed by atoms with Crippen molar-refractivity contribution < 1.29 is 26.3 Å². The maximum atomic E-state index is 14.8. The highest BCUT2D eigenvalue weighted by molar-refractivity contribution is 5.79. The van der Waals surface area contributed by atoms with Crippen molar-refractivity contribution in [1.29, 1.82) is 0 Å². The van der Waals surface area contributed by atoms with Crippen LogP contribution >= 0.6 is 0 Å². The molecule has 0 aliphatic carbocycles. The Bertz CT molecular complexity index is 1620. The molecule has 0 unspecified atom stereocenters. The molecule has 0 heterocycles. The van der Waals surface area contributed by atoms with Gasteiger partial charge in [0.2, 0.25) is 0 Å². The van der Waals surface area contributed by atoms with Crippen molar-refractivity contribution in [2.45, 2.75) is 32.1 Å². The molecule has 0 atom stereocenters. The molecule has 0 bridgehead atoms. The van der Waals surface area contributed by atoms with E-state index in [2.05, 4.69) is 13.2 Å². The predicted octanol–water partition coefficient (Wildman–Crippen LogP) is 10.4. The lowest BCUT2D eigenvalue weighted by Crippen LogP contribution is -1.94. The quantitative estimate of drug-likeness (QED) is 0.0969. The first kappa shape index (κ1) is 29.7. The van der Waals surface area contributed by atoms with Crippen molar-refractivity contribution in [2.24, 2.45) is 0 Å². The minimum absolute atomic E-state index is 0.212. The first-order chi connectivity index (χ1) is 19.6. The highest BCUT2D eigenvalue weighted by Crippen LogP contribution is 2.27. The van der Waals surface area contributed by atoms with Gasteiger partial charge in [-0.3, -0.25) is 0 Å². The molecule has 0 aliphatic rings. The zero-order chi connectivity index (χ0) is 29.5. The summed E-state index contributed by atoms with van der Waals surface area (Å²) in [5.41, 5.74) is 3.73. The smallest absolute Gasteiger partial charge is 0.159 e. The van der Waals surface area contributed by atoms with Gasteiger partial charge in [-0.2, -0.15) is 0 Å². The Hall–Kier alpha value is -4.32. The molecular formula is C35H28F6. The Morgan fingerprint density at radius 3 is 1.71 bits per heavy atom. The zero-order valence-corrected chi connectivity index (χ0v) is 22.3. The molecule has 4 rings (SSSR count). The van der Waals surface area contributed by atoms with E-state index >= 15 is 0 Å². The number of halogens is 6.